The van der Waals surface area contributed by atoms with E-state index in [-0.39, 0.29) is 17.6 Å². The minimum absolute atomic E-state index is 0.0698. The number of aliphatic hydroxyl groups is 1. The van der Waals surface area contributed by atoms with Crippen LogP contribution in [0.4, 0.5) is 14.9 Å². The fourth-order valence-corrected chi connectivity index (χ4v) is 8.41. The molecule has 1 unspecified atom stereocenters. The number of hydrogen-bond acceptors (Lipinski definition) is 7. The molecule has 2 aromatic carbocycles. The molecule has 39 heavy (non-hydrogen) atoms. The van der Waals surface area contributed by atoms with Gasteiger partial charge in [0.05, 0.1) is 27.9 Å². The average Bonchev–Trinajstić information content (AvgIpc) is 3.28. The van der Waals surface area contributed by atoms with Crippen LogP contribution in [0.5, 0.6) is 0 Å². The van der Waals surface area contributed by atoms with Crippen LogP contribution in [0.25, 0.3) is 30.3 Å². The van der Waals surface area contributed by atoms with Gasteiger partial charge in [0.2, 0.25) is 0 Å². The number of halogens is 2. The summed E-state index contributed by atoms with van der Waals surface area (Å²) < 4.78 is 27.7. The van der Waals surface area contributed by atoms with Crippen molar-refractivity contribution in [3.63, 3.8) is 0 Å². The van der Waals surface area contributed by atoms with Crippen LogP contribution >= 0.6 is 45.8 Å². The zero-order valence-electron chi connectivity index (χ0n) is 21.1. The number of fused-ring (bicyclic) bond motifs is 1. The number of amides is 1. The molecule has 0 aliphatic heterocycles. The van der Waals surface area contributed by atoms with Gasteiger partial charge < -0.3 is 9.84 Å². The van der Waals surface area contributed by atoms with Crippen molar-refractivity contribution in [2.75, 3.05) is 11.9 Å². The molecule has 0 radical (unpaired) electrons. The van der Waals surface area contributed by atoms with Crippen LogP contribution in [0.15, 0.2) is 54.6 Å². The minimum atomic E-state index is -0.647. The molecule has 2 N–H and O–H groups in total. The maximum atomic E-state index is 15.6. The molecule has 1 atom stereocenters. The van der Waals surface area contributed by atoms with Crippen molar-refractivity contribution < 1.29 is 19.0 Å². The maximum absolute atomic E-state index is 15.6. The van der Waals surface area contributed by atoms with Gasteiger partial charge in [0, 0.05) is 35.7 Å². The van der Waals surface area contributed by atoms with Crippen LogP contribution in [0, 0.1) is 12.7 Å². The lowest BCUT2D eigenvalue weighted by Crippen LogP contribution is -2.16. The van der Waals surface area contributed by atoms with Gasteiger partial charge in [-0.3, -0.25) is 5.32 Å². The third kappa shape index (κ3) is 4.98. The second-order valence-corrected chi connectivity index (χ2v) is 13.1. The first-order valence-electron chi connectivity index (χ1n) is 12.4. The SMILES string of the molecule is Cc1nsc(-c2cc(Cl)c(-c3cc4sc(C5(CO)CC5)cc4s3)cc2F)c1NC(=O)OC(C)c1ccccc1. The number of aromatic nitrogens is 1. The van der Waals surface area contributed by atoms with Crippen LogP contribution < -0.4 is 5.32 Å². The molecule has 6 rings (SSSR count). The summed E-state index contributed by atoms with van der Waals surface area (Å²) in [5, 5.41) is 12.9. The summed E-state index contributed by atoms with van der Waals surface area (Å²) in [6.45, 7) is 3.71. The normalized spacial score (nSPS) is 14.9. The van der Waals surface area contributed by atoms with Crippen LogP contribution in [-0.4, -0.2) is 22.2 Å². The summed E-state index contributed by atoms with van der Waals surface area (Å²) in [7, 11) is 0. The summed E-state index contributed by atoms with van der Waals surface area (Å²) in [5.41, 5.74) is 2.63. The fraction of sp³-hybridized carbons (Fsp3) is 0.241. The maximum Gasteiger partial charge on any atom is 0.412 e. The number of thiophene rings is 2. The molecule has 1 saturated carbocycles. The van der Waals surface area contributed by atoms with Gasteiger partial charge in [-0.2, -0.15) is 4.37 Å². The Labute approximate surface area is 242 Å². The van der Waals surface area contributed by atoms with E-state index in [1.54, 1.807) is 42.6 Å². The molecule has 0 spiro atoms. The number of anilines is 1. The summed E-state index contributed by atoms with van der Waals surface area (Å²) in [5.74, 6) is -0.457. The molecule has 0 bridgehead atoms. The first-order valence-corrected chi connectivity index (χ1v) is 15.2. The molecule has 1 fully saturated rings. The van der Waals surface area contributed by atoms with Gasteiger partial charge in [-0.05, 0) is 68.1 Å². The van der Waals surface area contributed by atoms with E-state index in [1.807, 2.05) is 36.4 Å². The number of benzene rings is 2. The van der Waals surface area contributed by atoms with E-state index in [9.17, 15) is 9.90 Å². The van der Waals surface area contributed by atoms with Crippen LogP contribution in [0.2, 0.25) is 5.02 Å². The zero-order chi connectivity index (χ0) is 27.3. The molecule has 200 valence electrons. The number of aryl methyl sites for hydroxylation is 1. The van der Waals surface area contributed by atoms with E-state index in [0.29, 0.717) is 26.8 Å². The highest BCUT2D eigenvalue weighted by Gasteiger charge is 2.45. The van der Waals surface area contributed by atoms with Gasteiger partial charge in [-0.1, -0.05) is 41.9 Å². The van der Waals surface area contributed by atoms with E-state index >= 15 is 4.39 Å². The molecule has 5 nitrogen and oxygen atoms in total. The van der Waals surface area contributed by atoms with Crippen molar-refractivity contribution in [2.45, 2.75) is 38.2 Å². The Hall–Kier alpha value is -2.82. The lowest BCUT2D eigenvalue weighted by molar-refractivity contribution is 0.121. The number of rotatable bonds is 7. The summed E-state index contributed by atoms with van der Waals surface area (Å²) in [4.78, 5) is 15.3. The number of carbonyl (C=O) groups excluding carboxylic acids is 1. The highest BCUT2D eigenvalue weighted by atomic mass is 35.5. The van der Waals surface area contributed by atoms with Gasteiger partial charge in [0.25, 0.3) is 0 Å². The van der Waals surface area contributed by atoms with Crippen LogP contribution in [0.1, 0.15) is 42.0 Å². The topological polar surface area (TPSA) is 71.5 Å². The lowest BCUT2D eigenvalue weighted by Gasteiger charge is -2.15. The monoisotopic (exact) mass is 598 g/mol. The quantitative estimate of drug-likeness (QED) is 0.196. The molecule has 3 aromatic heterocycles. The number of hydrogen-bond donors (Lipinski definition) is 2. The third-order valence-electron chi connectivity index (χ3n) is 7.10. The fourth-order valence-electron chi connectivity index (χ4n) is 4.56. The Kier molecular flexibility index (Phi) is 6.97. The summed E-state index contributed by atoms with van der Waals surface area (Å²) in [6.07, 6.45) is 0.925. The molecule has 3 heterocycles. The van der Waals surface area contributed by atoms with Gasteiger partial charge in [-0.25, -0.2) is 9.18 Å². The molecule has 1 aliphatic carbocycles. The average molecular weight is 599 g/mol. The Bertz CT molecular complexity index is 1660. The van der Waals surface area contributed by atoms with Gasteiger partial charge in [0.1, 0.15) is 11.9 Å². The predicted octanol–water partition coefficient (Wildman–Crippen LogP) is 9.19. The second kappa shape index (κ2) is 10.3. The number of carbonyl (C=O) groups is 1. The van der Waals surface area contributed by atoms with Crippen molar-refractivity contribution in [3.8, 4) is 20.9 Å². The number of aliphatic hydroxyl groups excluding tert-OH is 1. The van der Waals surface area contributed by atoms with E-state index in [1.165, 1.54) is 10.9 Å². The molecule has 1 amide bonds. The Morgan fingerprint density at radius 1 is 1.15 bits per heavy atom. The molecule has 5 aromatic rings. The first kappa shape index (κ1) is 26.4. The van der Waals surface area contributed by atoms with Gasteiger partial charge in [0.15, 0.2) is 0 Å². The number of nitrogens with zero attached hydrogens (tertiary/aromatic N) is 1. The van der Waals surface area contributed by atoms with E-state index in [0.717, 1.165) is 44.2 Å². The Balaban J connectivity index is 1.25. The van der Waals surface area contributed by atoms with Gasteiger partial charge >= 0.3 is 6.09 Å². The lowest BCUT2D eigenvalue weighted by atomic mass is 10.1. The standard InChI is InChI=1S/C29H24ClFN2O3S3/c1-15-26(32-28(35)36-16(2)17-6-4-3-5-7-17)27(39-33-15)19-10-20(30)18(11-21(19)31)22-12-23-24(37-22)13-25(38-23)29(14-34)8-9-29/h3-7,10-13,16,34H,8-9,14H2,1-2H3,(H,32,35). The second-order valence-electron chi connectivity index (χ2n) is 9.76. The highest BCUT2D eigenvalue weighted by molar-refractivity contribution is 7.29. The Morgan fingerprint density at radius 2 is 1.90 bits per heavy atom. The van der Waals surface area contributed by atoms with E-state index in [4.69, 9.17) is 16.3 Å². The van der Waals surface area contributed by atoms with Crippen molar-refractivity contribution >= 4 is 67.0 Å². The minimum Gasteiger partial charge on any atom is -0.441 e. The van der Waals surface area contributed by atoms with Crippen molar-refractivity contribution in [1.82, 2.24) is 4.37 Å². The van der Waals surface area contributed by atoms with Crippen LogP contribution in [0.3, 0.4) is 0 Å². The molecular formula is C29H24ClFN2O3S3. The van der Waals surface area contributed by atoms with Gasteiger partial charge in [-0.15, -0.1) is 22.7 Å². The van der Waals surface area contributed by atoms with Crippen molar-refractivity contribution in [1.29, 1.82) is 0 Å². The van der Waals surface area contributed by atoms with Crippen molar-refractivity contribution in [2.24, 2.45) is 0 Å². The summed E-state index contributed by atoms with van der Waals surface area (Å²) >= 11 is 11.0. The third-order valence-corrected chi connectivity index (χ3v) is 11.0. The molecule has 0 saturated heterocycles. The van der Waals surface area contributed by atoms with Crippen LogP contribution in [-0.2, 0) is 10.2 Å². The number of ether oxygens (including phenoxy) is 1. The molecular weight excluding hydrogens is 575 g/mol. The predicted molar refractivity (Wildman–Crippen MR) is 159 cm³/mol. The smallest absolute Gasteiger partial charge is 0.412 e. The van der Waals surface area contributed by atoms with E-state index in [2.05, 4.69) is 15.8 Å². The zero-order valence-corrected chi connectivity index (χ0v) is 24.3. The first-order chi connectivity index (χ1) is 18.8. The highest BCUT2D eigenvalue weighted by Crippen LogP contribution is 2.53. The van der Waals surface area contributed by atoms with Crippen molar-refractivity contribution in [3.05, 3.63) is 81.6 Å². The summed E-state index contributed by atoms with van der Waals surface area (Å²) in [6, 6.07) is 16.6. The Morgan fingerprint density at radius 3 is 2.59 bits per heavy atom. The number of nitrogens with one attached hydrogen (secondary N) is 1. The molecule has 1 aliphatic rings. The largest absolute Gasteiger partial charge is 0.441 e. The molecule has 10 heteroatoms. The van der Waals surface area contributed by atoms with E-state index < -0.39 is 18.0 Å².